The molecule has 0 aliphatic carbocycles. The topological polar surface area (TPSA) is 40.6 Å². The summed E-state index contributed by atoms with van der Waals surface area (Å²) in [6.45, 7) is 2.31. The number of hydrogen-bond acceptors (Lipinski definition) is 3. The van der Waals surface area contributed by atoms with E-state index in [9.17, 15) is 21.6 Å². The molecule has 2 aliphatic heterocycles. The van der Waals surface area contributed by atoms with Crippen LogP contribution in [-0.4, -0.2) is 39.2 Å². The van der Waals surface area contributed by atoms with E-state index < -0.39 is 21.8 Å². The molecule has 0 bridgehead atoms. The number of sulfonamides is 1. The van der Waals surface area contributed by atoms with Gasteiger partial charge in [0.05, 0.1) is 17.5 Å². The summed E-state index contributed by atoms with van der Waals surface area (Å²) in [5, 5.41) is 0. The standard InChI is InChI=1S/C21H23F3N2O2S/c1-29(27,28)26-15-20(18-7-2-3-8-19(18)26)9-11-25(12-10-20)14-16-5-4-6-17(13-16)21(22,23)24/h2-8,13H,9-12,14-15H2,1H3. The third kappa shape index (κ3) is 3.88. The van der Waals surface area contributed by atoms with Gasteiger partial charge in [-0.05, 0) is 49.2 Å². The summed E-state index contributed by atoms with van der Waals surface area (Å²) >= 11 is 0. The SMILES string of the molecule is CS(=O)(=O)N1CC2(CCN(Cc3cccc(C(F)(F)F)c3)CC2)c2ccccc21. The van der Waals surface area contributed by atoms with Crippen molar-refractivity contribution in [3.63, 3.8) is 0 Å². The van der Waals surface area contributed by atoms with Crippen LogP contribution >= 0.6 is 0 Å². The Hall–Kier alpha value is -2.06. The van der Waals surface area contributed by atoms with Crippen molar-refractivity contribution in [3.8, 4) is 0 Å². The second-order valence-corrected chi connectivity index (χ2v) is 9.95. The third-order valence-corrected chi connectivity index (χ3v) is 7.19. The molecule has 2 aromatic rings. The van der Waals surface area contributed by atoms with E-state index in [0.29, 0.717) is 31.7 Å². The molecule has 0 amide bonds. The second kappa shape index (κ2) is 7.02. The summed E-state index contributed by atoms with van der Waals surface area (Å²) in [6, 6.07) is 13.1. The number of likely N-dealkylation sites (tertiary alicyclic amines) is 1. The van der Waals surface area contributed by atoms with E-state index in [0.717, 1.165) is 30.2 Å². The lowest BCUT2D eigenvalue weighted by Gasteiger charge is -2.40. The van der Waals surface area contributed by atoms with Gasteiger partial charge in [-0.3, -0.25) is 9.21 Å². The first kappa shape index (κ1) is 20.2. The highest BCUT2D eigenvalue weighted by molar-refractivity contribution is 7.92. The molecule has 2 aliphatic rings. The molecule has 0 N–H and O–H groups in total. The van der Waals surface area contributed by atoms with Crippen LogP contribution in [0.2, 0.25) is 0 Å². The predicted molar refractivity (Wildman–Crippen MR) is 106 cm³/mol. The van der Waals surface area contributed by atoms with Gasteiger partial charge >= 0.3 is 6.18 Å². The summed E-state index contributed by atoms with van der Waals surface area (Å²) in [5.74, 6) is 0. The molecule has 0 radical (unpaired) electrons. The van der Waals surface area contributed by atoms with Crippen molar-refractivity contribution in [2.24, 2.45) is 0 Å². The van der Waals surface area contributed by atoms with Crippen LogP contribution in [0.15, 0.2) is 48.5 Å². The number of para-hydroxylation sites is 1. The van der Waals surface area contributed by atoms with Crippen LogP contribution in [0.1, 0.15) is 29.5 Å². The van der Waals surface area contributed by atoms with Crippen molar-refractivity contribution < 1.29 is 21.6 Å². The quantitative estimate of drug-likeness (QED) is 0.747. The summed E-state index contributed by atoms with van der Waals surface area (Å²) in [6.07, 6.45) is -1.57. The Balaban J connectivity index is 1.50. The lowest BCUT2D eigenvalue weighted by Crippen LogP contribution is -2.45. The fourth-order valence-corrected chi connectivity index (χ4v) is 5.55. The summed E-state index contributed by atoms with van der Waals surface area (Å²) in [4.78, 5) is 2.15. The van der Waals surface area contributed by atoms with Gasteiger partial charge < -0.3 is 0 Å². The molecule has 2 heterocycles. The molecule has 1 spiro atoms. The Morgan fingerprint density at radius 2 is 1.72 bits per heavy atom. The minimum Gasteiger partial charge on any atom is -0.299 e. The number of alkyl halides is 3. The number of benzene rings is 2. The van der Waals surface area contributed by atoms with E-state index in [1.54, 1.807) is 6.07 Å². The number of halogens is 3. The third-order valence-electron chi connectivity index (χ3n) is 6.06. The molecule has 29 heavy (non-hydrogen) atoms. The molecular weight excluding hydrogens is 401 g/mol. The molecule has 0 unspecified atom stereocenters. The van der Waals surface area contributed by atoms with E-state index in [1.807, 2.05) is 24.3 Å². The van der Waals surface area contributed by atoms with Gasteiger partial charge in [-0.25, -0.2) is 8.42 Å². The summed E-state index contributed by atoms with van der Waals surface area (Å²) in [7, 11) is -3.36. The van der Waals surface area contributed by atoms with Crippen molar-refractivity contribution in [2.75, 3.05) is 30.2 Å². The normalized spacial score (nSPS) is 19.5. The first-order chi connectivity index (χ1) is 13.6. The van der Waals surface area contributed by atoms with Crippen LogP contribution in [-0.2, 0) is 28.2 Å². The maximum atomic E-state index is 13.0. The van der Waals surface area contributed by atoms with Gasteiger partial charge in [-0.2, -0.15) is 13.2 Å². The minimum absolute atomic E-state index is 0.232. The van der Waals surface area contributed by atoms with Crippen LogP contribution < -0.4 is 4.31 Å². The highest BCUT2D eigenvalue weighted by Crippen LogP contribution is 2.47. The van der Waals surface area contributed by atoms with Crippen LogP contribution in [0.5, 0.6) is 0 Å². The van der Waals surface area contributed by atoms with Crippen molar-refractivity contribution in [2.45, 2.75) is 31.0 Å². The van der Waals surface area contributed by atoms with Crippen molar-refractivity contribution in [1.29, 1.82) is 0 Å². The Labute approximate surface area is 169 Å². The zero-order valence-corrected chi connectivity index (χ0v) is 16.9. The Kier molecular flexibility index (Phi) is 4.90. The Morgan fingerprint density at radius 1 is 1.03 bits per heavy atom. The van der Waals surface area contributed by atoms with Gasteiger partial charge in [-0.1, -0.05) is 36.4 Å². The van der Waals surface area contributed by atoms with E-state index in [4.69, 9.17) is 0 Å². The average Bonchev–Trinajstić information content (AvgIpc) is 2.98. The van der Waals surface area contributed by atoms with E-state index in [1.165, 1.54) is 22.7 Å². The molecule has 1 saturated heterocycles. The average molecular weight is 424 g/mol. The van der Waals surface area contributed by atoms with Crippen molar-refractivity contribution >= 4 is 15.7 Å². The largest absolute Gasteiger partial charge is 0.416 e. The van der Waals surface area contributed by atoms with Gasteiger partial charge in [0.2, 0.25) is 10.0 Å². The highest BCUT2D eigenvalue weighted by Gasteiger charge is 2.46. The molecule has 0 saturated carbocycles. The molecule has 2 aromatic carbocycles. The number of fused-ring (bicyclic) bond motifs is 2. The van der Waals surface area contributed by atoms with E-state index in [-0.39, 0.29) is 5.41 Å². The molecule has 8 heteroatoms. The molecule has 4 rings (SSSR count). The molecular formula is C21H23F3N2O2S. The fourth-order valence-electron chi connectivity index (χ4n) is 4.55. The Morgan fingerprint density at radius 3 is 2.38 bits per heavy atom. The Bertz CT molecular complexity index is 1010. The van der Waals surface area contributed by atoms with Crippen molar-refractivity contribution in [1.82, 2.24) is 4.90 Å². The van der Waals surface area contributed by atoms with Gasteiger partial charge in [0.25, 0.3) is 0 Å². The summed E-state index contributed by atoms with van der Waals surface area (Å²) < 4.78 is 64.9. The van der Waals surface area contributed by atoms with Crippen LogP contribution in [0.25, 0.3) is 0 Å². The van der Waals surface area contributed by atoms with Gasteiger partial charge in [0.15, 0.2) is 0 Å². The number of anilines is 1. The highest BCUT2D eigenvalue weighted by atomic mass is 32.2. The molecule has 0 atom stereocenters. The lowest BCUT2D eigenvalue weighted by atomic mass is 9.74. The van der Waals surface area contributed by atoms with Crippen LogP contribution in [0, 0.1) is 0 Å². The molecule has 1 fully saturated rings. The number of nitrogens with zero attached hydrogens (tertiary/aromatic N) is 2. The zero-order chi connectivity index (χ0) is 20.9. The lowest BCUT2D eigenvalue weighted by molar-refractivity contribution is -0.137. The van der Waals surface area contributed by atoms with Crippen LogP contribution in [0.4, 0.5) is 18.9 Å². The first-order valence-corrected chi connectivity index (χ1v) is 11.4. The van der Waals surface area contributed by atoms with Crippen molar-refractivity contribution in [3.05, 3.63) is 65.2 Å². The molecule has 0 aromatic heterocycles. The maximum Gasteiger partial charge on any atom is 0.416 e. The maximum absolute atomic E-state index is 13.0. The minimum atomic E-state index is -4.34. The number of rotatable bonds is 3. The first-order valence-electron chi connectivity index (χ1n) is 9.54. The van der Waals surface area contributed by atoms with Crippen LogP contribution in [0.3, 0.4) is 0 Å². The van der Waals surface area contributed by atoms with E-state index >= 15 is 0 Å². The monoisotopic (exact) mass is 424 g/mol. The van der Waals surface area contributed by atoms with Gasteiger partial charge in [0.1, 0.15) is 0 Å². The predicted octanol–water partition coefficient (Wildman–Crippen LogP) is 4.02. The number of hydrogen-bond donors (Lipinski definition) is 0. The molecule has 156 valence electrons. The second-order valence-electron chi connectivity index (χ2n) is 8.04. The van der Waals surface area contributed by atoms with Gasteiger partial charge in [-0.15, -0.1) is 0 Å². The smallest absolute Gasteiger partial charge is 0.299 e. The summed E-state index contributed by atoms with van der Waals surface area (Å²) in [5.41, 5.74) is 1.59. The fraction of sp³-hybridized carbons (Fsp3) is 0.429. The van der Waals surface area contributed by atoms with E-state index in [2.05, 4.69) is 4.90 Å². The molecule has 4 nitrogen and oxygen atoms in total. The number of piperidine rings is 1. The zero-order valence-electron chi connectivity index (χ0n) is 16.1. The van der Waals surface area contributed by atoms with Gasteiger partial charge in [0, 0.05) is 18.5 Å².